The Balaban J connectivity index is 2.06. The van der Waals surface area contributed by atoms with Crippen molar-refractivity contribution in [3.05, 3.63) is 23.8 Å². The average Bonchev–Trinajstić information content (AvgIpc) is 2.49. The van der Waals surface area contributed by atoms with Gasteiger partial charge in [-0.05, 0) is 62.1 Å². The molecule has 0 saturated heterocycles. The molecule has 0 radical (unpaired) electrons. The maximum Gasteiger partial charge on any atom is 0.446 e. The zero-order valence-corrected chi connectivity index (χ0v) is 14.6. The second-order valence-corrected chi connectivity index (χ2v) is 7.45. The lowest BCUT2D eigenvalue weighted by Gasteiger charge is -2.46. The van der Waals surface area contributed by atoms with Gasteiger partial charge in [0, 0.05) is 4.90 Å². The third-order valence-electron chi connectivity index (χ3n) is 4.51. The van der Waals surface area contributed by atoms with Gasteiger partial charge in [-0.2, -0.15) is 18.2 Å². The number of anilines is 1. The maximum absolute atomic E-state index is 12.8. The molecule has 0 unspecified atom stereocenters. The number of halogens is 3. The van der Waals surface area contributed by atoms with E-state index in [0.29, 0.717) is 5.69 Å². The van der Waals surface area contributed by atoms with Crippen LogP contribution >= 0.6 is 11.8 Å². The first-order chi connectivity index (χ1) is 11.7. The number of nitrogens with two attached hydrogens (primary N) is 2. The summed E-state index contributed by atoms with van der Waals surface area (Å²) in [4.78, 5) is 10.5. The number of guanidine groups is 2. The third kappa shape index (κ3) is 3.70. The van der Waals surface area contributed by atoms with E-state index in [9.17, 15) is 13.2 Å². The van der Waals surface area contributed by atoms with E-state index in [0.717, 1.165) is 37.7 Å². The Hall–Kier alpha value is -1.90. The van der Waals surface area contributed by atoms with Crippen LogP contribution in [-0.2, 0) is 0 Å². The van der Waals surface area contributed by atoms with E-state index < -0.39 is 11.2 Å². The molecule has 1 spiro atoms. The van der Waals surface area contributed by atoms with Crippen molar-refractivity contribution < 1.29 is 13.2 Å². The smallest absolute Gasteiger partial charge is 0.369 e. The Morgan fingerprint density at radius 1 is 1.16 bits per heavy atom. The fourth-order valence-electron chi connectivity index (χ4n) is 3.50. The molecule has 0 atom stereocenters. The fourth-order valence-corrected chi connectivity index (χ4v) is 4.07. The summed E-state index contributed by atoms with van der Waals surface area (Å²) in [5.41, 5.74) is 8.35. The average molecular weight is 371 g/mol. The molecule has 1 aliphatic carbocycles. The number of thioether (sulfide) groups is 1. The normalized spacial score (nSPS) is 20.4. The molecule has 1 aromatic carbocycles. The van der Waals surface area contributed by atoms with E-state index in [1.54, 1.807) is 11.0 Å². The summed E-state index contributed by atoms with van der Waals surface area (Å²) in [6, 6.07) is 4.62. The minimum atomic E-state index is -4.35. The van der Waals surface area contributed by atoms with Crippen molar-refractivity contribution in [1.29, 1.82) is 0 Å². The van der Waals surface area contributed by atoms with Crippen LogP contribution in [0.1, 0.15) is 37.7 Å². The van der Waals surface area contributed by atoms with E-state index in [2.05, 4.69) is 9.98 Å². The van der Waals surface area contributed by atoms with Crippen molar-refractivity contribution in [2.45, 2.75) is 55.1 Å². The van der Waals surface area contributed by atoms with Gasteiger partial charge in [0.05, 0.1) is 5.69 Å². The van der Waals surface area contributed by atoms with Gasteiger partial charge in [0.15, 0.2) is 0 Å². The summed E-state index contributed by atoms with van der Waals surface area (Å²) in [5, 5.41) is 0. The maximum atomic E-state index is 12.8. The van der Waals surface area contributed by atoms with Crippen LogP contribution in [0.15, 0.2) is 33.1 Å². The molecule has 0 amide bonds. The summed E-state index contributed by atoms with van der Waals surface area (Å²) in [6.07, 6.45) is 4.47. The third-order valence-corrected chi connectivity index (χ3v) is 5.23. The van der Waals surface area contributed by atoms with E-state index in [1.165, 1.54) is 12.1 Å². The van der Waals surface area contributed by atoms with Crippen molar-refractivity contribution in [2.24, 2.45) is 21.5 Å². The van der Waals surface area contributed by atoms with Crippen molar-refractivity contribution in [3.8, 4) is 0 Å². The van der Waals surface area contributed by atoms with E-state index >= 15 is 0 Å². The second-order valence-electron chi connectivity index (χ2n) is 6.31. The molecule has 5 nitrogen and oxygen atoms in total. The van der Waals surface area contributed by atoms with Gasteiger partial charge in [-0.25, -0.2) is 4.99 Å². The lowest BCUT2D eigenvalue weighted by atomic mass is 9.87. The van der Waals surface area contributed by atoms with Crippen LogP contribution in [0, 0.1) is 6.92 Å². The standard InChI is InChI=1S/C16H20F3N5S/c1-10-5-6-11(25-16(17,18)19)9-12(10)24-14(21)22-13(20)23-15(24)7-3-2-4-8-15/h5-6,9H,2-4,7-8H2,1H3,(H4,20,21,22,23). The molecule has 0 bridgehead atoms. The topological polar surface area (TPSA) is 80.0 Å². The van der Waals surface area contributed by atoms with Crippen LogP contribution < -0.4 is 16.4 Å². The van der Waals surface area contributed by atoms with Gasteiger partial charge < -0.3 is 11.5 Å². The zero-order valence-electron chi connectivity index (χ0n) is 13.8. The minimum absolute atomic E-state index is 0.106. The van der Waals surface area contributed by atoms with Gasteiger partial charge in [0.1, 0.15) is 5.66 Å². The SMILES string of the molecule is Cc1ccc(SC(F)(F)F)cc1N1C(N)=NC(N)=NC12CCCCC2. The van der Waals surface area contributed by atoms with Crippen molar-refractivity contribution in [2.75, 3.05) is 4.90 Å². The Morgan fingerprint density at radius 3 is 2.48 bits per heavy atom. The van der Waals surface area contributed by atoms with Crippen LogP contribution in [0.25, 0.3) is 0 Å². The number of alkyl halides is 3. The molecule has 1 aromatic rings. The van der Waals surface area contributed by atoms with Crippen molar-refractivity contribution in [3.63, 3.8) is 0 Å². The van der Waals surface area contributed by atoms with Crippen LogP contribution in [0.3, 0.4) is 0 Å². The monoisotopic (exact) mass is 371 g/mol. The van der Waals surface area contributed by atoms with Crippen LogP contribution in [0.5, 0.6) is 0 Å². The molecule has 25 heavy (non-hydrogen) atoms. The van der Waals surface area contributed by atoms with E-state index in [4.69, 9.17) is 11.5 Å². The van der Waals surface area contributed by atoms with Crippen LogP contribution in [0.2, 0.25) is 0 Å². The number of hydrogen-bond donors (Lipinski definition) is 2. The highest BCUT2D eigenvalue weighted by molar-refractivity contribution is 8.00. The van der Waals surface area contributed by atoms with Gasteiger partial charge in [0.25, 0.3) is 0 Å². The summed E-state index contributed by atoms with van der Waals surface area (Å²) in [5.74, 6) is 0.292. The molecule has 2 aliphatic rings. The number of aliphatic imine (C=N–C) groups is 2. The fraction of sp³-hybridized carbons (Fsp3) is 0.500. The van der Waals surface area contributed by atoms with Gasteiger partial charge in [-0.15, -0.1) is 0 Å². The molecule has 1 heterocycles. The number of hydrogen-bond acceptors (Lipinski definition) is 6. The highest BCUT2D eigenvalue weighted by atomic mass is 32.2. The molecule has 1 fully saturated rings. The molecule has 0 aromatic heterocycles. The molecule has 136 valence electrons. The molecule has 9 heteroatoms. The summed E-state index contributed by atoms with van der Waals surface area (Å²) >= 11 is -0.143. The highest BCUT2D eigenvalue weighted by Gasteiger charge is 2.43. The first-order valence-corrected chi connectivity index (χ1v) is 8.88. The molecule has 1 saturated carbocycles. The molecule has 1 aliphatic heterocycles. The Labute approximate surface area is 148 Å². The van der Waals surface area contributed by atoms with Gasteiger partial charge in [0.2, 0.25) is 11.9 Å². The summed E-state index contributed by atoms with van der Waals surface area (Å²) in [6.45, 7) is 1.84. The van der Waals surface area contributed by atoms with Crippen LogP contribution in [0.4, 0.5) is 18.9 Å². The van der Waals surface area contributed by atoms with Crippen molar-refractivity contribution in [1.82, 2.24) is 0 Å². The lowest BCUT2D eigenvalue weighted by molar-refractivity contribution is -0.0328. The summed E-state index contributed by atoms with van der Waals surface area (Å²) < 4.78 is 38.3. The highest BCUT2D eigenvalue weighted by Crippen LogP contribution is 2.43. The second kappa shape index (κ2) is 6.44. The number of nitrogens with zero attached hydrogens (tertiary/aromatic N) is 3. The quantitative estimate of drug-likeness (QED) is 0.777. The largest absolute Gasteiger partial charge is 0.446 e. The van der Waals surface area contributed by atoms with Gasteiger partial charge in [-0.1, -0.05) is 12.5 Å². The molecular weight excluding hydrogens is 351 g/mol. The molecule has 4 N–H and O–H groups in total. The number of benzene rings is 1. The Morgan fingerprint density at radius 2 is 1.84 bits per heavy atom. The Bertz CT molecular complexity index is 723. The summed E-state index contributed by atoms with van der Waals surface area (Å²) in [7, 11) is 0. The number of aryl methyl sites for hydroxylation is 1. The Kier molecular flexibility index (Phi) is 4.61. The van der Waals surface area contributed by atoms with Gasteiger partial charge >= 0.3 is 5.51 Å². The minimum Gasteiger partial charge on any atom is -0.369 e. The molecular formula is C16H20F3N5S. The first kappa shape index (κ1) is 17.9. The number of rotatable bonds is 2. The predicted octanol–water partition coefficient (Wildman–Crippen LogP) is 3.72. The lowest BCUT2D eigenvalue weighted by Crippen LogP contribution is -2.58. The predicted molar refractivity (Wildman–Crippen MR) is 94.6 cm³/mol. The zero-order chi connectivity index (χ0) is 18.2. The first-order valence-electron chi connectivity index (χ1n) is 8.06. The van der Waals surface area contributed by atoms with Gasteiger partial charge in [-0.3, -0.25) is 4.90 Å². The van der Waals surface area contributed by atoms with Crippen LogP contribution in [-0.4, -0.2) is 23.1 Å². The van der Waals surface area contributed by atoms with E-state index in [-0.39, 0.29) is 28.6 Å². The van der Waals surface area contributed by atoms with E-state index in [1.807, 2.05) is 6.92 Å². The molecule has 3 rings (SSSR count). The van der Waals surface area contributed by atoms with Crippen molar-refractivity contribution >= 4 is 29.4 Å².